The molecule has 21 heavy (non-hydrogen) atoms. The van der Waals surface area contributed by atoms with Gasteiger partial charge in [0, 0.05) is 26.2 Å². The average molecular weight is 309 g/mol. The highest BCUT2D eigenvalue weighted by atomic mass is 32.1. The van der Waals surface area contributed by atoms with E-state index in [4.69, 9.17) is 0 Å². The van der Waals surface area contributed by atoms with Crippen LogP contribution in [0.1, 0.15) is 22.2 Å². The molecule has 0 saturated carbocycles. The third-order valence-corrected chi connectivity index (χ3v) is 4.35. The molecule has 7 heteroatoms. The highest BCUT2D eigenvalue weighted by Crippen LogP contribution is 2.15. The van der Waals surface area contributed by atoms with Crippen LogP contribution in [0.15, 0.2) is 11.4 Å². The minimum atomic E-state index is -0.202. The number of carbonyl (C=O) groups is 3. The number of piperazine rings is 1. The second kappa shape index (κ2) is 7.33. The van der Waals surface area contributed by atoms with Crippen molar-refractivity contribution in [1.29, 1.82) is 0 Å². The minimum Gasteiger partial charge on any atom is -0.347 e. The molecule has 0 atom stereocenters. The van der Waals surface area contributed by atoms with Crippen LogP contribution in [0.25, 0.3) is 0 Å². The SMILES string of the molecule is CC(=O)c1cc(CC(=O)NCC(=O)N2CCNCC2)cs1. The number of hydrogen-bond donors (Lipinski definition) is 2. The Hall–Kier alpha value is -1.73. The highest BCUT2D eigenvalue weighted by molar-refractivity contribution is 7.12. The molecule has 1 aromatic rings. The van der Waals surface area contributed by atoms with E-state index in [1.165, 1.54) is 18.3 Å². The summed E-state index contributed by atoms with van der Waals surface area (Å²) in [5, 5.41) is 7.61. The fourth-order valence-corrected chi connectivity index (χ4v) is 2.92. The van der Waals surface area contributed by atoms with E-state index < -0.39 is 0 Å². The van der Waals surface area contributed by atoms with Gasteiger partial charge < -0.3 is 15.5 Å². The lowest BCUT2D eigenvalue weighted by molar-refractivity contribution is -0.133. The molecular weight excluding hydrogens is 290 g/mol. The Balaban J connectivity index is 1.76. The maximum Gasteiger partial charge on any atom is 0.242 e. The molecule has 2 amide bonds. The molecule has 0 radical (unpaired) electrons. The minimum absolute atomic E-state index is 0.000504. The first kappa shape index (κ1) is 15.7. The smallest absolute Gasteiger partial charge is 0.242 e. The molecule has 0 aliphatic carbocycles. The van der Waals surface area contributed by atoms with E-state index in [2.05, 4.69) is 10.6 Å². The largest absolute Gasteiger partial charge is 0.347 e. The molecular formula is C14H19N3O3S. The summed E-state index contributed by atoms with van der Waals surface area (Å²) in [5.41, 5.74) is 0.803. The number of rotatable bonds is 5. The van der Waals surface area contributed by atoms with Gasteiger partial charge in [-0.3, -0.25) is 14.4 Å². The maximum absolute atomic E-state index is 11.9. The monoisotopic (exact) mass is 309 g/mol. The molecule has 1 fully saturated rings. The summed E-state index contributed by atoms with van der Waals surface area (Å²) in [6.07, 6.45) is 0.193. The molecule has 2 heterocycles. The standard InChI is InChI=1S/C14H19N3O3S/c1-10(18)12-6-11(9-21-12)7-13(19)16-8-14(20)17-4-2-15-3-5-17/h6,9,15H,2-5,7-8H2,1H3,(H,16,19). The van der Waals surface area contributed by atoms with E-state index in [1.54, 1.807) is 16.3 Å². The predicted octanol–water partition coefficient (Wildman–Crippen LogP) is 0.0412. The van der Waals surface area contributed by atoms with Crippen LogP contribution in [-0.4, -0.2) is 55.2 Å². The Labute approximate surface area is 127 Å². The lowest BCUT2D eigenvalue weighted by Crippen LogP contribution is -2.49. The third-order valence-electron chi connectivity index (χ3n) is 3.27. The fraction of sp³-hybridized carbons (Fsp3) is 0.500. The molecule has 2 N–H and O–H groups in total. The first-order valence-electron chi connectivity index (χ1n) is 6.90. The Morgan fingerprint density at radius 2 is 2.05 bits per heavy atom. The van der Waals surface area contributed by atoms with Gasteiger partial charge in [0.2, 0.25) is 11.8 Å². The van der Waals surface area contributed by atoms with Crippen molar-refractivity contribution in [1.82, 2.24) is 15.5 Å². The first-order chi connectivity index (χ1) is 10.1. The summed E-state index contributed by atoms with van der Waals surface area (Å²) in [4.78, 5) is 37.3. The maximum atomic E-state index is 11.9. The zero-order valence-corrected chi connectivity index (χ0v) is 12.8. The van der Waals surface area contributed by atoms with Crippen molar-refractivity contribution >= 4 is 28.9 Å². The van der Waals surface area contributed by atoms with Gasteiger partial charge in [-0.2, -0.15) is 0 Å². The van der Waals surface area contributed by atoms with Gasteiger partial charge in [0.25, 0.3) is 0 Å². The van der Waals surface area contributed by atoms with E-state index in [0.717, 1.165) is 18.7 Å². The zero-order chi connectivity index (χ0) is 15.2. The number of amides is 2. The number of carbonyl (C=O) groups excluding carboxylic acids is 3. The lowest BCUT2D eigenvalue weighted by atomic mass is 10.2. The van der Waals surface area contributed by atoms with Gasteiger partial charge in [0.15, 0.2) is 5.78 Å². The van der Waals surface area contributed by atoms with Crippen LogP contribution in [0.3, 0.4) is 0 Å². The molecule has 1 aliphatic rings. The number of nitrogens with zero attached hydrogens (tertiary/aromatic N) is 1. The Morgan fingerprint density at radius 1 is 1.33 bits per heavy atom. The molecule has 0 spiro atoms. The molecule has 1 aromatic heterocycles. The summed E-state index contributed by atoms with van der Waals surface area (Å²) >= 11 is 1.34. The molecule has 0 unspecified atom stereocenters. The van der Waals surface area contributed by atoms with Crippen LogP contribution in [0.4, 0.5) is 0 Å². The second-order valence-electron chi connectivity index (χ2n) is 4.96. The molecule has 1 aliphatic heterocycles. The summed E-state index contributed by atoms with van der Waals surface area (Å²) in [6, 6.07) is 1.73. The molecule has 2 rings (SSSR count). The van der Waals surface area contributed by atoms with Crippen LogP contribution in [0, 0.1) is 0 Å². The van der Waals surface area contributed by atoms with Crippen molar-refractivity contribution in [3.8, 4) is 0 Å². The Morgan fingerprint density at radius 3 is 2.67 bits per heavy atom. The number of ketones is 1. The summed E-state index contributed by atoms with van der Waals surface area (Å²) in [6.45, 7) is 4.48. The fourth-order valence-electron chi connectivity index (χ4n) is 2.10. The van der Waals surface area contributed by atoms with Gasteiger partial charge in [-0.25, -0.2) is 0 Å². The molecule has 0 bridgehead atoms. The van der Waals surface area contributed by atoms with Crippen LogP contribution >= 0.6 is 11.3 Å². The van der Waals surface area contributed by atoms with Gasteiger partial charge in [-0.15, -0.1) is 11.3 Å². The van der Waals surface area contributed by atoms with E-state index in [0.29, 0.717) is 18.0 Å². The molecule has 114 valence electrons. The van der Waals surface area contributed by atoms with E-state index >= 15 is 0 Å². The van der Waals surface area contributed by atoms with Crippen LogP contribution < -0.4 is 10.6 Å². The van der Waals surface area contributed by atoms with Crippen molar-refractivity contribution in [3.05, 3.63) is 21.9 Å². The predicted molar refractivity (Wildman–Crippen MR) is 80.5 cm³/mol. The number of thiophene rings is 1. The van der Waals surface area contributed by atoms with Crippen molar-refractivity contribution < 1.29 is 14.4 Å². The summed E-state index contributed by atoms with van der Waals surface area (Å²) in [5.74, 6) is -0.258. The highest BCUT2D eigenvalue weighted by Gasteiger charge is 2.16. The van der Waals surface area contributed by atoms with Crippen LogP contribution in [0.2, 0.25) is 0 Å². The van der Waals surface area contributed by atoms with Crippen molar-refractivity contribution in [3.63, 3.8) is 0 Å². The van der Waals surface area contributed by atoms with Crippen molar-refractivity contribution in [2.45, 2.75) is 13.3 Å². The number of hydrogen-bond acceptors (Lipinski definition) is 5. The van der Waals surface area contributed by atoms with Gasteiger partial charge in [0.05, 0.1) is 17.8 Å². The first-order valence-corrected chi connectivity index (χ1v) is 7.78. The summed E-state index contributed by atoms with van der Waals surface area (Å²) < 4.78 is 0. The topological polar surface area (TPSA) is 78.5 Å². The molecule has 1 saturated heterocycles. The zero-order valence-electron chi connectivity index (χ0n) is 12.0. The van der Waals surface area contributed by atoms with E-state index in [-0.39, 0.29) is 30.6 Å². The van der Waals surface area contributed by atoms with Crippen molar-refractivity contribution in [2.24, 2.45) is 0 Å². The number of Topliss-reactive ketones (excluding diaryl/α,β-unsaturated/α-hetero) is 1. The average Bonchev–Trinajstić information content (AvgIpc) is 2.94. The van der Waals surface area contributed by atoms with Crippen LogP contribution in [-0.2, 0) is 16.0 Å². The quantitative estimate of drug-likeness (QED) is 0.753. The van der Waals surface area contributed by atoms with Gasteiger partial charge in [-0.1, -0.05) is 0 Å². The van der Waals surface area contributed by atoms with Crippen LogP contribution in [0.5, 0.6) is 0 Å². The normalized spacial score (nSPS) is 14.8. The van der Waals surface area contributed by atoms with E-state index in [9.17, 15) is 14.4 Å². The van der Waals surface area contributed by atoms with Gasteiger partial charge in [-0.05, 0) is 23.9 Å². The van der Waals surface area contributed by atoms with Gasteiger partial charge >= 0.3 is 0 Å². The summed E-state index contributed by atoms with van der Waals surface area (Å²) in [7, 11) is 0. The van der Waals surface area contributed by atoms with Gasteiger partial charge in [0.1, 0.15) is 0 Å². The van der Waals surface area contributed by atoms with Crippen molar-refractivity contribution in [2.75, 3.05) is 32.7 Å². The second-order valence-corrected chi connectivity index (χ2v) is 5.87. The van der Waals surface area contributed by atoms with E-state index in [1.807, 2.05) is 0 Å². The molecule has 6 nitrogen and oxygen atoms in total. The Kier molecular flexibility index (Phi) is 5.46. The third kappa shape index (κ3) is 4.64. The lowest BCUT2D eigenvalue weighted by Gasteiger charge is -2.27. The molecule has 0 aromatic carbocycles. The Bertz CT molecular complexity index is 535. The number of nitrogens with one attached hydrogen (secondary N) is 2.